The molecule has 0 aliphatic carbocycles. The van der Waals surface area contributed by atoms with Crippen LogP contribution in [0.5, 0.6) is 5.75 Å². The summed E-state index contributed by atoms with van der Waals surface area (Å²) in [6, 6.07) is 4.23. The quantitative estimate of drug-likeness (QED) is 0.590. The van der Waals surface area contributed by atoms with Crippen LogP contribution in [0.1, 0.15) is 11.7 Å². The summed E-state index contributed by atoms with van der Waals surface area (Å²) in [6.45, 7) is -0.0902. The van der Waals surface area contributed by atoms with Crippen molar-refractivity contribution < 1.29 is 15.3 Å². The summed E-state index contributed by atoms with van der Waals surface area (Å²) in [5.74, 6) is -0.116. The van der Waals surface area contributed by atoms with Gasteiger partial charge in [-0.2, -0.15) is 0 Å². The Morgan fingerprint density at radius 1 is 1.36 bits per heavy atom. The van der Waals surface area contributed by atoms with Crippen molar-refractivity contribution in [2.24, 2.45) is 5.73 Å². The van der Waals surface area contributed by atoms with Crippen molar-refractivity contribution in [3.05, 3.63) is 28.8 Å². The van der Waals surface area contributed by atoms with Crippen molar-refractivity contribution in [3.8, 4) is 5.75 Å². The molecule has 4 nitrogen and oxygen atoms in total. The third-order valence-electron chi connectivity index (χ3n) is 1.91. The molecule has 0 spiro atoms. The molecule has 5 N–H and O–H groups in total. The number of aliphatic hydroxyl groups excluding tert-OH is 2. The van der Waals surface area contributed by atoms with Gasteiger partial charge in [-0.3, -0.25) is 0 Å². The molecule has 2 unspecified atom stereocenters. The fraction of sp³-hybridized carbons (Fsp3) is 0.333. The minimum atomic E-state index is -1.22. The molecule has 0 saturated carbocycles. The molecule has 0 saturated heterocycles. The zero-order valence-corrected chi connectivity index (χ0v) is 8.15. The Hall–Kier alpha value is -0.810. The predicted molar refractivity (Wildman–Crippen MR) is 53.1 cm³/mol. The number of aliphatic hydroxyl groups is 2. The molecule has 0 heterocycles. The van der Waals surface area contributed by atoms with Crippen LogP contribution in [0.25, 0.3) is 0 Å². The summed E-state index contributed by atoms with van der Waals surface area (Å²) in [6.07, 6.45) is -2.34. The second kappa shape index (κ2) is 4.61. The van der Waals surface area contributed by atoms with Gasteiger partial charge >= 0.3 is 0 Å². The zero-order chi connectivity index (χ0) is 10.7. The fourth-order valence-corrected chi connectivity index (χ4v) is 1.28. The fourth-order valence-electron chi connectivity index (χ4n) is 1.10. The number of halogens is 1. The highest BCUT2D eigenvalue weighted by Crippen LogP contribution is 2.28. The van der Waals surface area contributed by atoms with Gasteiger partial charge < -0.3 is 21.1 Å². The molecule has 14 heavy (non-hydrogen) atoms. The first-order chi connectivity index (χ1) is 6.56. The minimum Gasteiger partial charge on any atom is -0.508 e. The smallest absolute Gasteiger partial charge is 0.121 e. The zero-order valence-electron chi connectivity index (χ0n) is 7.39. The third-order valence-corrected chi connectivity index (χ3v) is 2.15. The van der Waals surface area contributed by atoms with E-state index >= 15 is 0 Å². The van der Waals surface area contributed by atoms with Crippen molar-refractivity contribution in [3.63, 3.8) is 0 Å². The summed E-state index contributed by atoms with van der Waals surface area (Å²) in [5.41, 5.74) is 5.35. The first-order valence-electron chi connectivity index (χ1n) is 4.11. The average molecular weight is 218 g/mol. The maximum absolute atomic E-state index is 9.55. The van der Waals surface area contributed by atoms with Crippen LogP contribution < -0.4 is 5.73 Å². The molecule has 1 aromatic rings. The van der Waals surface area contributed by atoms with Crippen molar-refractivity contribution in [1.29, 1.82) is 0 Å². The van der Waals surface area contributed by atoms with Gasteiger partial charge in [0.15, 0.2) is 0 Å². The molecule has 0 bridgehead atoms. The highest BCUT2D eigenvalue weighted by Gasteiger charge is 2.20. The predicted octanol–water partition coefficient (Wildman–Crippen LogP) is 0.399. The van der Waals surface area contributed by atoms with E-state index in [2.05, 4.69) is 0 Å². The molecule has 1 rings (SSSR count). The Morgan fingerprint density at radius 2 is 2.00 bits per heavy atom. The lowest BCUT2D eigenvalue weighted by atomic mass is 10.0. The van der Waals surface area contributed by atoms with Crippen LogP contribution in [-0.4, -0.2) is 28.0 Å². The van der Waals surface area contributed by atoms with Gasteiger partial charge in [0.1, 0.15) is 11.9 Å². The molecule has 1 aromatic carbocycles. The van der Waals surface area contributed by atoms with E-state index in [0.29, 0.717) is 5.02 Å². The Balaban J connectivity index is 2.99. The third kappa shape index (κ3) is 2.36. The Morgan fingerprint density at radius 3 is 2.57 bits per heavy atom. The normalized spacial score (nSPS) is 15.1. The molecule has 0 aromatic heterocycles. The average Bonchev–Trinajstić information content (AvgIpc) is 2.19. The van der Waals surface area contributed by atoms with E-state index in [1.807, 2.05) is 0 Å². The molecule has 0 fully saturated rings. The maximum Gasteiger partial charge on any atom is 0.121 e. The molecule has 2 atom stereocenters. The van der Waals surface area contributed by atoms with Crippen LogP contribution in [0.2, 0.25) is 5.02 Å². The van der Waals surface area contributed by atoms with Crippen molar-refractivity contribution >= 4 is 11.6 Å². The van der Waals surface area contributed by atoms with Gasteiger partial charge in [-0.15, -0.1) is 0 Å². The standard InChI is InChI=1S/C9H12ClNO3/c10-5-1-2-7(12)6(3-5)9(14)8(13)4-11/h1-3,8-9,12-14H,4,11H2. The number of phenols is 1. The van der Waals surface area contributed by atoms with Crippen LogP contribution in [0.15, 0.2) is 18.2 Å². The highest BCUT2D eigenvalue weighted by atomic mass is 35.5. The summed E-state index contributed by atoms with van der Waals surface area (Å²) in [5, 5.41) is 28.6. The first-order valence-corrected chi connectivity index (χ1v) is 4.48. The summed E-state index contributed by atoms with van der Waals surface area (Å²) in [7, 11) is 0. The van der Waals surface area contributed by atoms with E-state index in [9.17, 15) is 15.3 Å². The molecule has 0 amide bonds. The van der Waals surface area contributed by atoms with Gasteiger partial charge in [-0.25, -0.2) is 0 Å². The van der Waals surface area contributed by atoms with Crippen LogP contribution in [0.3, 0.4) is 0 Å². The van der Waals surface area contributed by atoms with E-state index in [-0.39, 0.29) is 17.9 Å². The van der Waals surface area contributed by atoms with Crippen molar-refractivity contribution in [2.75, 3.05) is 6.54 Å². The topological polar surface area (TPSA) is 86.7 Å². The first kappa shape index (κ1) is 11.3. The van der Waals surface area contributed by atoms with Crippen LogP contribution in [0, 0.1) is 0 Å². The van der Waals surface area contributed by atoms with E-state index in [0.717, 1.165) is 0 Å². The van der Waals surface area contributed by atoms with Gasteiger partial charge in [0, 0.05) is 17.1 Å². The molecule has 0 aliphatic heterocycles. The molecular weight excluding hydrogens is 206 g/mol. The van der Waals surface area contributed by atoms with Crippen molar-refractivity contribution in [1.82, 2.24) is 0 Å². The second-order valence-corrected chi connectivity index (χ2v) is 3.39. The number of nitrogens with two attached hydrogens (primary N) is 1. The lowest BCUT2D eigenvalue weighted by molar-refractivity contribution is 0.0230. The van der Waals surface area contributed by atoms with E-state index in [4.69, 9.17) is 17.3 Å². The van der Waals surface area contributed by atoms with Gasteiger partial charge in [-0.05, 0) is 18.2 Å². The Kier molecular flexibility index (Phi) is 3.71. The van der Waals surface area contributed by atoms with Gasteiger partial charge in [0.2, 0.25) is 0 Å². The van der Waals surface area contributed by atoms with E-state index < -0.39 is 12.2 Å². The molecule has 5 heteroatoms. The van der Waals surface area contributed by atoms with E-state index in [1.165, 1.54) is 18.2 Å². The van der Waals surface area contributed by atoms with E-state index in [1.54, 1.807) is 0 Å². The molecule has 78 valence electrons. The van der Waals surface area contributed by atoms with Crippen LogP contribution in [-0.2, 0) is 0 Å². The van der Waals surface area contributed by atoms with Gasteiger partial charge in [-0.1, -0.05) is 11.6 Å². The maximum atomic E-state index is 9.55. The molecule has 0 radical (unpaired) electrons. The summed E-state index contributed by atoms with van der Waals surface area (Å²) >= 11 is 5.67. The van der Waals surface area contributed by atoms with Gasteiger partial charge in [0.05, 0.1) is 6.10 Å². The number of rotatable bonds is 3. The lowest BCUT2D eigenvalue weighted by Crippen LogP contribution is -2.27. The highest BCUT2D eigenvalue weighted by molar-refractivity contribution is 6.30. The Bertz CT molecular complexity index is 319. The summed E-state index contributed by atoms with van der Waals surface area (Å²) < 4.78 is 0. The molecule has 0 aliphatic rings. The van der Waals surface area contributed by atoms with Gasteiger partial charge in [0.25, 0.3) is 0 Å². The number of aromatic hydroxyl groups is 1. The number of hydrogen-bond donors (Lipinski definition) is 4. The molecular formula is C9H12ClNO3. The number of phenolic OH excluding ortho intramolecular Hbond substituents is 1. The lowest BCUT2D eigenvalue weighted by Gasteiger charge is -2.17. The van der Waals surface area contributed by atoms with Crippen molar-refractivity contribution in [2.45, 2.75) is 12.2 Å². The summed E-state index contributed by atoms with van der Waals surface area (Å²) in [4.78, 5) is 0. The number of benzene rings is 1. The Labute approximate surface area is 86.6 Å². The SMILES string of the molecule is NCC(O)C(O)c1cc(Cl)ccc1O. The minimum absolute atomic E-state index is 0.0902. The largest absolute Gasteiger partial charge is 0.508 e. The van der Waals surface area contributed by atoms with Crippen LogP contribution >= 0.6 is 11.6 Å². The van der Waals surface area contributed by atoms with Crippen LogP contribution in [0.4, 0.5) is 0 Å². The monoisotopic (exact) mass is 217 g/mol. The second-order valence-electron chi connectivity index (χ2n) is 2.95. The number of hydrogen-bond acceptors (Lipinski definition) is 4.